The molecule has 0 saturated carbocycles. The molecule has 0 unspecified atom stereocenters. The smallest absolute Gasteiger partial charge is 0.422 e. The molecule has 0 aliphatic rings. The monoisotopic (exact) mass is 439 g/mol. The zero-order valence-electron chi connectivity index (χ0n) is 16.4. The molecule has 0 saturated heterocycles. The lowest BCUT2D eigenvalue weighted by Crippen LogP contribution is -2.30. The molecular weight excluding hydrogens is 419 g/mol. The van der Waals surface area contributed by atoms with Gasteiger partial charge in [0.1, 0.15) is 12.3 Å². The molecule has 8 nitrogen and oxygen atoms in total. The average Bonchev–Trinajstić information content (AvgIpc) is 2.74. The lowest BCUT2D eigenvalue weighted by atomic mass is 10.2. The molecule has 166 valence electrons. The van der Waals surface area contributed by atoms with Gasteiger partial charge >= 0.3 is 18.2 Å². The van der Waals surface area contributed by atoms with E-state index in [2.05, 4.69) is 25.4 Å². The summed E-state index contributed by atoms with van der Waals surface area (Å²) in [7, 11) is 1.21. The zero-order chi connectivity index (χ0) is 22.9. The predicted molar refractivity (Wildman–Crippen MR) is 105 cm³/mol. The van der Waals surface area contributed by atoms with Crippen LogP contribution >= 0.6 is 0 Å². The lowest BCUT2D eigenvalue weighted by molar-refractivity contribution is -0.153. The lowest BCUT2D eigenvalue weighted by Gasteiger charge is -2.11. The van der Waals surface area contributed by atoms with Crippen molar-refractivity contribution in [2.45, 2.75) is 12.7 Å². The molecule has 0 radical (unpaired) electrons. The Morgan fingerprint density at radius 2 is 1.71 bits per heavy atom. The number of alkyl halides is 3. The molecule has 0 atom stereocenters. The number of carbonyl (C=O) groups excluding carboxylic acids is 3. The summed E-state index contributed by atoms with van der Waals surface area (Å²) in [4.78, 5) is 35.0. The van der Waals surface area contributed by atoms with Crippen LogP contribution in [0.2, 0.25) is 0 Å². The van der Waals surface area contributed by atoms with Gasteiger partial charge in [0.15, 0.2) is 6.61 Å². The van der Waals surface area contributed by atoms with Crippen LogP contribution in [0.25, 0.3) is 0 Å². The fraction of sp³-hybridized carbons (Fsp3) is 0.250. The van der Waals surface area contributed by atoms with E-state index >= 15 is 0 Å². The minimum absolute atomic E-state index is 0.0399. The number of esters is 1. The van der Waals surface area contributed by atoms with Crippen LogP contribution < -0.4 is 20.7 Å². The first kappa shape index (κ1) is 23.5. The standard InChI is InChI=1S/C20H20F3N3O5/c1-30-17(27)11-24-18(28)14-5-7-15(8-6-14)26-19(29)25-10-13-3-2-4-16(9-13)31-12-20(21,22)23/h2-9H,10-12H2,1H3,(H,24,28)(H2,25,26,29). The van der Waals surface area contributed by atoms with Crippen molar-refractivity contribution < 1.29 is 37.0 Å². The van der Waals surface area contributed by atoms with E-state index in [4.69, 9.17) is 0 Å². The summed E-state index contributed by atoms with van der Waals surface area (Å²) in [6.45, 7) is -1.61. The molecule has 0 bridgehead atoms. The summed E-state index contributed by atoms with van der Waals surface area (Å²) in [5.41, 5.74) is 1.24. The van der Waals surface area contributed by atoms with Crippen molar-refractivity contribution in [3.63, 3.8) is 0 Å². The third-order valence-electron chi connectivity index (χ3n) is 3.78. The largest absolute Gasteiger partial charge is 0.484 e. The van der Waals surface area contributed by atoms with Crippen LogP contribution in [-0.2, 0) is 16.1 Å². The highest BCUT2D eigenvalue weighted by molar-refractivity contribution is 5.96. The molecule has 0 aliphatic heterocycles. The van der Waals surface area contributed by atoms with Gasteiger partial charge in [-0.2, -0.15) is 13.2 Å². The Labute approximate surface area is 175 Å². The third-order valence-corrected chi connectivity index (χ3v) is 3.78. The van der Waals surface area contributed by atoms with E-state index < -0.39 is 30.7 Å². The first-order valence-electron chi connectivity index (χ1n) is 8.94. The van der Waals surface area contributed by atoms with E-state index in [1.54, 1.807) is 6.07 Å². The normalized spacial score (nSPS) is 10.7. The number of hydrogen-bond acceptors (Lipinski definition) is 5. The number of hydrogen-bond donors (Lipinski definition) is 3. The summed E-state index contributed by atoms with van der Waals surface area (Å²) in [5, 5.41) is 7.51. The van der Waals surface area contributed by atoms with Crippen molar-refractivity contribution >= 4 is 23.6 Å². The Hall–Kier alpha value is -3.76. The van der Waals surface area contributed by atoms with Gasteiger partial charge in [0.05, 0.1) is 7.11 Å². The number of nitrogens with one attached hydrogen (secondary N) is 3. The molecule has 0 heterocycles. The molecule has 31 heavy (non-hydrogen) atoms. The van der Waals surface area contributed by atoms with Crippen LogP contribution in [-0.4, -0.2) is 44.3 Å². The van der Waals surface area contributed by atoms with Crippen LogP contribution in [0.5, 0.6) is 5.75 Å². The molecule has 0 fully saturated rings. The van der Waals surface area contributed by atoms with Gasteiger partial charge in [0.2, 0.25) is 0 Å². The van der Waals surface area contributed by atoms with Gasteiger partial charge in [-0.05, 0) is 42.0 Å². The highest BCUT2D eigenvalue weighted by atomic mass is 19.4. The molecule has 0 aromatic heterocycles. The van der Waals surface area contributed by atoms with Crippen LogP contribution in [0.3, 0.4) is 0 Å². The topological polar surface area (TPSA) is 106 Å². The first-order valence-corrected chi connectivity index (χ1v) is 8.94. The number of methoxy groups -OCH3 is 1. The Morgan fingerprint density at radius 1 is 1.00 bits per heavy atom. The van der Waals surface area contributed by atoms with E-state index in [0.717, 1.165) is 0 Å². The molecular formula is C20H20F3N3O5. The second kappa shape index (κ2) is 10.9. The predicted octanol–water partition coefficient (Wildman–Crippen LogP) is 2.85. The minimum atomic E-state index is -4.44. The van der Waals surface area contributed by atoms with Gasteiger partial charge in [0, 0.05) is 17.8 Å². The van der Waals surface area contributed by atoms with Crippen LogP contribution in [0.4, 0.5) is 23.7 Å². The van der Waals surface area contributed by atoms with E-state index in [9.17, 15) is 27.6 Å². The van der Waals surface area contributed by atoms with Gasteiger partial charge in [-0.25, -0.2) is 4.79 Å². The minimum Gasteiger partial charge on any atom is -0.484 e. The Bertz CT molecular complexity index is 917. The number of anilines is 1. The molecule has 11 heteroatoms. The quantitative estimate of drug-likeness (QED) is 0.549. The summed E-state index contributed by atoms with van der Waals surface area (Å²) >= 11 is 0. The summed E-state index contributed by atoms with van der Waals surface area (Å²) in [6, 6.07) is 11.3. The number of ether oxygens (including phenoxy) is 2. The maximum atomic E-state index is 12.2. The number of rotatable bonds is 8. The molecule has 2 rings (SSSR count). The van der Waals surface area contributed by atoms with Gasteiger partial charge in [-0.3, -0.25) is 9.59 Å². The van der Waals surface area contributed by atoms with Crippen molar-refractivity contribution in [2.24, 2.45) is 0 Å². The van der Waals surface area contributed by atoms with E-state index in [0.29, 0.717) is 11.3 Å². The first-order chi connectivity index (χ1) is 14.7. The van der Waals surface area contributed by atoms with E-state index in [1.165, 1.54) is 49.6 Å². The van der Waals surface area contributed by atoms with Crippen molar-refractivity contribution in [3.8, 4) is 5.75 Å². The molecule has 3 amide bonds. The second-order valence-corrected chi connectivity index (χ2v) is 6.20. The van der Waals surface area contributed by atoms with Crippen molar-refractivity contribution in [1.29, 1.82) is 0 Å². The molecule has 0 aliphatic carbocycles. The zero-order valence-corrected chi connectivity index (χ0v) is 16.4. The van der Waals surface area contributed by atoms with Crippen molar-refractivity contribution in [1.82, 2.24) is 10.6 Å². The molecule has 2 aromatic carbocycles. The number of benzene rings is 2. The highest BCUT2D eigenvalue weighted by Gasteiger charge is 2.28. The highest BCUT2D eigenvalue weighted by Crippen LogP contribution is 2.19. The SMILES string of the molecule is COC(=O)CNC(=O)c1ccc(NC(=O)NCc2cccc(OCC(F)(F)F)c2)cc1. The molecule has 0 spiro atoms. The van der Waals surface area contributed by atoms with Crippen LogP contribution in [0.15, 0.2) is 48.5 Å². The summed E-state index contributed by atoms with van der Waals surface area (Å²) < 4.78 is 45.8. The number of carbonyl (C=O) groups is 3. The Kier molecular flexibility index (Phi) is 8.24. The maximum absolute atomic E-state index is 12.2. The van der Waals surface area contributed by atoms with Crippen LogP contribution in [0.1, 0.15) is 15.9 Å². The van der Waals surface area contributed by atoms with Gasteiger partial charge in [-0.15, -0.1) is 0 Å². The van der Waals surface area contributed by atoms with Gasteiger partial charge < -0.3 is 25.4 Å². The van der Waals surface area contributed by atoms with Crippen molar-refractivity contribution in [3.05, 3.63) is 59.7 Å². The average molecular weight is 439 g/mol. The van der Waals surface area contributed by atoms with Crippen LogP contribution in [0, 0.1) is 0 Å². The third kappa shape index (κ3) is 8.64. The molecule has 2 aromatic rings. The Morgan fingerprint density at radius 3 is 2.35 bits per heavy atom. The van der Waals surface area contributed by atoms with E-state index in [-0.39, 0.29) is 24.4 Å². The number of urea groups is 1. The Balaban J connectivity index is 1.82. The summed E-state index contributed by atoms with van der Waals surface area (Å²) in [5.74, 6) is -1.02. The van der Waals surface area contributed by atoms with E-state index in [1.807, 2.05) is 0 Å². The fourth-order valence-corrected chi connectivity index (χ4v) is 2.30. The molecule has 3 N–H and O–H groups in total. The summed E-state index contributed by atoms with van der Waals surface area (Å²) in [6.07, 6.45) is -4.44. The van der Waals surface area contributed by atoms with Gasteiger partial charge in [0.25, 0.3) is 5.91 Å². The van der Waals surface area contributed by atoms with Gasteiger partial charge in [-0.1, -0.05) is 12.1 Å². The van der Waals surface area contributed by atoms with Crippen molar-refractivity contribution in [2.75, 3.05) is 25.6 Å². The fourth-order valence-electron chi connectivity index (χ4n) is 2.30. The second-order valence-electron chi connectivity index (χ2n) is 6.20. The maximum Gasteiger partial charge on any atom is 0.422 e. The number of halogens is 3. The number of amides is 3.